The Balaban J connectivity index is 1.92. The lowest BCUT2D eigenvalue weighted by atomic mass is 10.1. The van der Waals surface area contributed by atoms with E-state index in [9.17, 15) is 0 Å². The molecule has 1 aromatic carbocycles. The molecule has 0 saturated carbocycles. The van der Waals surface area contributed by atoms with Gasteiger partial charge in [0.15, 0.2) is 0 Å². The maximum atomic E-state index is 2.60. The van der Waals surface area contributed by atoms with E-state index in [2.05, 4.69) is 67.0 Å². The Morgan fingerprint density at radius 1 is 1.26 bits per heavy atom. The molecule has 19 heavy (non-hydrogen) atoms. The van der Waals surface area contributed by atoms with E-state index in [0.29, 0.717) is 6.04 Å². The molecular formula is C17H26N2. The van der Waals surface area contributed by atoms with Gasteiger partial charge in [-0.3, -0.25) is 4.90 Å². The number of rotatable bonds is 4. The van der Waals surface area contributed by atoms with Gasteiger partial charge in [-0.2, -0.15) is 0 Å². The SMILES string of the molecule is CCN1CCN(C/C(C)=C/c2ccccc2)C(C)C1. The third-order valence-electron chi connectivity index (χ3n) is 3.96. The predicted molar refractivity (Wildman–Crippen MR) is 83.2 cm³/mol. The molecule has 1 aliphatic heterocycles. The predicted octanol–water partition coefficient (Wildman–Crippen LogP) is 3.12. The van der Waals surface area contributed by atoms with Crippen LogP contribution in [-0.2, 0) is 0 Å². The first kappa shape index (κ1) is 14.3. The Hall–Kier alpha value is -1.12. The zero-order chi connectivity index (χ0) is 13.7. The van der Waals surface area contributed by atoms with Gasteiger partial charge in [0.25, 0.3) is 0 Å². The summed E-state index contributed by atoms with van der Waals surface area (Å²) in [4.78, 5) is 5.14. The molecule has 0 bridgehead atoms. The Labute approximate surface area is 117 Å². The van der Waals surface area contributed by atoms with Crippen molar-refractivity contribution in [3.63, 3.8) is 0 Å². The van der Waals surface area contributed by atoms with Crippen LogP contribution in [0.25, 0.3) is 6.08 Å². The summed E-state index contributed by atoms with van der Waals surface area (Å²) < 4.78 is 0. The van der Waals surface area contributed by atoms with E-state index in [1.165, 1.54) is 37.3 Å². The van der Waals surface area contributed by atoms with E-state index in [1.807, 2.05) is 0 Å². The highest BCUT2D eigenvalue weighted by Crippen LogP contribution is 2.13. The van der Waals surface area contributed by atoms with Crippen molar-refractivity contribution < 1.29 is 0 Å². The van der Waals surface area contributed by atoms with Gasteiger partial charge in [0.2, 0.25) is 0 Å². The summed E-state index contributed by atoms with van der Waals surface area (Å²) in [6.07, 6.45) is 2.30. The average Bonchev–Trinajstić information content (AvgIpc) is 2.42. The molecule has 1 atom stereocenters. The highest BCUT2D eigenvalue weighted by Gasteiger charge is 2.22. The number of hydrogen-bond acceptors (Lipinski definition) is 2. The molecule has 104 valence electrons. The van der Waals surface area contributed by atoms with Crippen LogP contribution in [0.4, 0.5) is 0 Å². The van der Waals surface area contributed by atoms with Crippen LogP contribution in [0.2, 0.25) is 0 Å². The normalized spacial score (nSPS) is 22.7. The van der Waals surface area contributed by atoms with Gasteiger partial charge in [-0.05, 0) is 26.0 Å². The number of piperazine rings is 1. The highest BCUT2D eigenvalue weighted by atomic mass is 15.3. The molecule has 0 aliphatic carbocycles. The van der Waals surface area contributed by atoms with Gasteiger partial charge in [0.05, 0.1) is 0 Å². The van der Waals surface area contributed by atoms with Crippen molar-refractivity contribution in [2.75, 3.05) is 32.7 Å². The van der Waals surface area contributed by atoms with Crippen LogP contribution in [0.5, 0.6) is 0 Å². The van der Waals surface area contributed by atoms with Gasteiger partial charge < -0.3 is 4.90 Å². The fraction of sp³-hybridized carbons (Fsp3) is 0.529. The van der Waals surface area contributed by atoms with Gasteiger partial charge in [-0.1, -0.05) is 48.9 Å². The zero-order valence-electron chi connectivity index (χ0n) is 12.5. The number of nitrogens with zero attached hydrogens (tertiary/aromatic N) is 2. The van der Waals surface area contributed by atoms with E-state index in [1.54, 1.807) is 0 Å². The third kappa shape index (κ3) is 4.19. The van der Waals surface area contributed by atoms with Crippen molar-refractivity contribution in [2.45, 2.75) is 26.8 Å². The smallest absolute Gasteiger partial charge is 0.0198 e. The summed E-state index contributed by atoms with van der Waals surface area (Å²) in [7, 11) is 0. The van der Waals surface area contributed by atoms with Crippen LogP contribution >= 0.6 is 0 Å². The minimum absolute atomic E-state index is 0.660. The van der Waals surface area contributed by atoms with Gasteiger partial charge in [0, 0.05) is 32.2 Å². The Bertz CT molecular complexity index is 411. The van der Waals surface area contributed by atoms with Crippen molar-refractivity contribution in [2.24, 2.45) is 0 Å². The summed E-state index contributed by atoms with van der Waals surface area (Å²) in [6, 6.07) is 11.3. The second-order valence-electron chi connectivity index (χ2n) is 5.61. The topological polar surface area (TPSA) is 6.48 Å². The van der Waals surface area contributed by atoms with Crippen LogP contribution in [0.3, 0.4) is 0 Å². The van der Waals surface area contributed by atoms with Crippen molar-refractivity contribution in [1.82, 2.24) is 9.80 Å². The molecule has 1 fully saturated rings. The fourth-order valence-corrected chi connectivity index (χ4v) is 2.79. The van der Waals surface area contributed by atoms with Gasteiger partial charge >= 0.3 is 0 Å². The quantitative estimate of drug-likeness (QED) is 0.819. The second-order valence-corrected chi connectivity index (χ2v) is 5.61. The lowest BCUT2D eigenvalue weighted by Gasteiger charge is -2.39. The summed E-state index contributed by atoms with van der Waals surface area (Å²) >= 11 is 0. The van der Waals surface area contributed by atoms with Crippen LogP contribution in [0, 0.1) is 0 Å². The number of likely N-dealkylation sites (N-methyl/N-ethyl adjacent to an activating group) is 1. The van der Waals surface area contributed by atoms with Crippen molar-refractivity contribution in [3.05, 3.63) is 41.5 Å². The van der Waals surface area contributed by atoms with E-state index >= 15 is 0 Å². The lowest BCUT2D eigenvalue weighted by Crippen LogP contribution is -2.51. The Morgan fingerprint density at radius 3 is 2.63 bits per heavy atom. The first-order valence-electron chi connectivity index (χ1n) is 7.37. The minimum Gasteiger partial charge on any atom is -0.301 e. The van der Waals surface area contributed by atoms with Crippen molar-refractivity contribution >= 4 is 6.08 Å². The average molecular weight is 258 g/mol. The van der Waals surface area contributed by atoms with Crippen molar-refractivity contribution in [1.29, 1.82) is 0 Å². The van der Waals surface area contributed by atoms with E-state index in [4.69, 9.17) is 0 Å². The van der Waals surface area contributed by atoms with E-state index in [0.717, 1.165) is 6.54 Å². The maximum Gasteiger partial charge on any atom is 0.0198 e. The molecule has 1 unspecified atom stereocenters. The molecule has 0 radical (unpaired) electrons. The molecule has 2 nitrogen and oxygen atoms in total. The third-order valence-corrected chi connectivity index (χ3v) is 3.96. The molecule has 1 aliphatic rings. The van der Waals surface area contributed by atoms with Crippen molar-refractivity contribution in [3.8, 4) is 0 Å². The Morgan fingerprint density at radius 2 is 2.00 bits per heavy atom. The summed E-state index contributed by atoms with van der Waals surface area (Å²) in [5, 5.41) is 0. The summed E-state index contributed by atoms with van der Waals surface area (Å²) in [6.45, 7) is 12.7. The highest BCUT2D eigenvalue weighted by molar-refractivity contribution is 5.52. The molecular weight excluding hydrogens is 232 g/mol. The first-order valence-corrected chi connectivity index (χ1v) is 7.37. The first-order chi connectivity index (χ1) is 9.19. The fourth-order valence-electron chi connectivity index (χ4n) is 2.79. The van der Waals surface area contributed by atoms with Gasteiger partial charge in [0.1, 0.15) is 0 Å². The molecule has 2 rings (SSSR count). The van der Waals surface area contributed by atoms with Gasteiger partial charge in [-0.25, -0.2) is 0 Å². The molecule has 1 saturated heterocycles. The molecule has 0 amide bonds. The summed E-state index contributed by atoms with van der Waals surface area (Å²) in [5.74, 6) is 0. The summed E-state index contributed by atoms with van der Waals surface area (Å²) in [5.41, 5.74) is 2.75. The largest absolute Gasteiger partial charge is 0.301 e. The van der Waals surface area contributed by atoms with E-state index < -0.39 is 0 Å². The van der Waals surface area contributed by atoms with Gasteiger partial charge in [-0.15, -0.1) is 0 Å². The standard InChI is InChI=1S/C17H26N2/c1-4-18-10-11-19(16(3)14-18)13-15(2)12-17-8-6-5-7-9-17/h5-9,12,16H,4,10-11,13-14H2,1-3H3/b15-12+. The monoisotopic (exact) mass is 258 g/mol. The maximum absolute atomic E-state index is 2.60. The molecule has 0 spiro atoms. The molecule has 0 aromatic heterocycles. The number of benzene rings is 1. The number of hydrogen-bond donors (Lipinski definition) is 0. The van der Waals surface area contributed by atoms with Crippen LogP contribution < -0.4 is 0 Å². The zero-order valence-corrected chi connectivity index (χ0v) is 12.5. The molecule has 1 heterocycles. The molecule has 0 N–H and O–H groups in total. The Kier molecular flexibility index (Phi) is 5.17. The minimum atomic E-state index is 0.660. The molecule has 2 heteroatoms. The van der Waals surface area contributed by atoms with Crippen LogP contribution in [0.1, 0.15) is 26.3 Å². The van der Waals surface area contributed by atoms with Crippen LogP contribution in [0.15, 0.2) is 35.9 Å². The van der Waals surface area contributed by atoms with E-state index in [-0.39, 0.29) is 0 Å². The van der Waals surface area contributed by atoms with Crippen LogP contribution in [-0.4, -0.2) is 48.6 Å². The lowest BCUT2D eigenvalue weighted by molar-refractivity contribution is 0.0953. The second kappa shape index (κ2) is 6.88. The molecule has 1 aromatic rings.